The molecule has 0 saturated carbocycles. The van der Waals surface area contributed by atoms with Gasteiger partial charge in [-0.1, -0.05) is 65.3 Å². The Labute approximate surface area is 186 Å². The van der Waals surface area contributed by atoms with Crippen LogP contribution in [0.3, 0.4) is 0 Å². The number of rotatable bonds is 8. The zero-order chi connectivity index (χ0) is 22.7. The summed E-state index contributed by atoms with van der Waals surface area (Å²) >= 11 is 6.66. The van der Waals surface area contributed by atoms with Crippen molar-refractivity contribution in [2.45, 2.75) is 79.1 Å². The van der Waals surface area contributed by atoms with E-state index in [1.165, 1.54) is 5.57 Å². The summed E-state index contributed by atoms with van der Waals surface area (Å²) in [5, 5.41) is 9.64. The molecule has 1 aromatic rings. The molecule has 2 rings (SSSR count). The third-order valence-electron chi connectivity index (χ3n) is 6.00. The highest BCUT2D eigenvalue weighted by atomic mass is 35.5. The lowest BCUT2D eigenvalue weighted by Gasteiger charge is -2.41. The van der Waals surface area contributed by atoms with E-state index < -0.39 is 11.4 Å². The van der Waals surface area contributed by atoms with Crippen LogP contribution >= 0.6 is 11.6 Å². The van der Waals surface area contributed by atoms with Crippen molar-refractivity contribution in [3.05, 3.63) is 46.1 Å². The van der Waals surface area contributed by atoms with E-state index in [0.717, 1.165) is 29.0 Å². The maximum absolute atomic E-state index is 12.9. The molecule has 1 aromatic carbocycles. The molecule has 30 heavy (non-hydrogen) atoms. The molecule has 0 aliphatic carbocycles. The number of carboxylic acid groups (broad SMARTS) is 1. The number of aryl methyl sites for hydroxylation is 1. The minimum absolute atomic E-state index is 0.0280. The van der Waals surface area contributed by atoms with Gasteiger partial charge in [0.1, 0.15) is 0 Å². The van der Waals surface area contributed by atoms with Crippen LogP contribution in [-0.2, 0) is 21.4 Å². The molecule has 4 nitrogen and oxygen atoms in total. The van der Waals surface area contributed by atoms with Crippen LogP contribution in [0.15, 0.2) is 30.0 Å². The topological polar surface area (TPSA) is 57.6 Å². The second-order valence-corrected chi connectivity index (χ2v) is 10.6. The van der Waals surface area contributed by atoms with Gasteiger partial charge in [-0.2, -0.15) is 0 Å². The first-order chi connectivity index (χ1) is 13.8. The standard InChI is InChI=1S/C25H36ClNO3/c1-17(2)20-16-27(13-7-8-23(29)30)22(28)15-25(20,6)19-10-9-18(21(26)14-19)11-12-24(3,4)5/h9-10,14,16-17H,7-8,11-13,15H2,1-6H3,(H,29,30)/t25-/m1/s1. The van der Waals surface area contributed by atoms with E-state index in [4.69, 9.17) is 16.7 Å². The van der Waals surface area contributed by atoms with Crippen molar-refractivity contribution in [1.29, 1.82) is 0 Å². The van der Waals surface area contributed by atoms with Crippen LogP contribution in [0, 0.1) is 11.3 Å². The average molecular weight is 434 g/mol. The number of carbonyl (C=O) groups is 2. The lowest BCUT2D eigenvalue weighted by molar-refractivity contribution is -0.138. The molecule has 166 valence electrons. The maximum Gasteiger partial charge on any atom is 0.303 e. The van der Waals surface area contributed by atoms with E-state index in [2.05, 4.69) is 53.7 Å². The Morgan fingerprint density at radius 1 is 1.30 bits per heavy atom. The van der Waals surface area contributed by atoms with Crippen LogP contribution in [0.2, 0.25) is 5.02 Å². The van der Waals surface area contributed by atoms with Crippen molar-refractivity contribution in [3.8, 4) is 0 Å². The van der Waals surface area contributed by atoms with Gasteiger partial charge in [-0.25, -0.2) is 0 Å². The van der Waals surface area contributed by atoms with Crippen molar-refractivity contribution in [2.75, 3.05) is 6.54 Å². The van der Waals surface area contributed by atoms with Gasteiger partial charge >= 0.3 is 5.97 Å². The Bertz CT molecular complexity index is 822. The highest BCUT2D eigenvalue weighted by Gasteiger charge is 2.40. The van der Waals surface area contributed by atoms with Gasteiger partial charge in [0.05, 0.1) is 0 Å². The Morgan fingerprint density at radius 2 is 1.97 bits per heavy atom. The highest BCUT2D eigenvalue weighted by Crippen LogP contribution is 2.43. The van der Waals surface area contributed by atoms with Gasteiger partial charge in [-0.15, -0.1) is 0 Å². The maximum atomic E-state index is 12.9. The van der Waals surface area contributed by atoms with Gasteiger partial charge in [-0.05, 0) is 53.4 Å². The summed E-state index contributed by atoms with van der Waals surface area (Å²) < 4.78 is 0. The van der Waals surface area contributed by atoms with E-state index >= 15 is 0 Å². The number of carbonyl (C=O) groups excluding carboxylic acids is 1. The molecule has 1 aliphatic rings. The summed E-state index contributed by atoms with van der Waals surface area (Å²) in [7, 11) is 0. The number of hydrogen-bond donors (Lipinski definition) is 1. The molecule has 5 heteroatoms. The summed E-state index contributed by atoms with van der Waals surface area (Å²) in [6.45, 7) is 13.5. The van der Waals surface area contributed by atoms with Gasteiger partial charge in [-0.3, -0.25) is 9.59 Å². The first-order valence-corrected chi connectivity index (χ1v) is 11.2. The smallest absolute Gasteiger partial charge is 0.303 e. The average Bonchev–Trinajstić information content (AvgIpc) is 2.61. The lowest BCUT2D eigenvalue weighted by Crippen LogP contribution is -2.42. The number of amides is 1. The van der Waals surface area contributed by atoms with Gasteiger partial charge in [0.2, 0.25) is 5.91 Å². The van der Waals surface area contributed by atoms with E-state index in [1.807, 2.05) is 12.3 Å². The van der Waals surface area contributed by atoms with Crippen molar-refractivity contribution >= 4 is 23.5 Å². The molecule has 0 bridgehead atoms. The Kier molecular flexibility index (Phi) is 7.79. The molecule has 1 atom stereocenters. The van der Waals surface area contributed by atoms with Crippen LogP contribution in [0.1, 0.15) is 78.4 Å². The minimum atomic E-state index is -0.835. The van der Waals surface area contributed by atoms with Crippen LogP contribution in [0.5, 0.6) is 0 Å². The van der Waals surface area contributed by atoms with Crippen molar-refractivity contribution in [1.82, 2.24) is 4.90 Å². The van der Waals surface area contributed by atoms with Crippen LogP contribution < -0.4 is 0 Å². The fraction of sp³-hybridized carbons (Fsp3) is 0.600. The van der Waals surface area contributed by atoms with Crippen molar-refractivity contribution in [3.63, 3.8) is 0 Å². The molecule has 0 radical (unpaired) electrons. The third-order valence-corrected chi connectivity index (χ3v) is 6.36. The number of allylic oxidation sites excluding steroid dienone is 1. The number of carboxylic acids is 1. The van der Waals surface area contributed by atoms with Crippen LogP contribution in [-0.4, -0.2) is 28.4 Å². The second kappa shape index (κ2) is 9.55. The number of aliphatic carboxylic acids is 1. The van der Waals surface area contributed by atoms with Crippen molar-refractivity contribution < 1.29 is 14.7 Å². The Hall–Kier alpha value is -1.81. The molecular weight excluding hydrogens is 398 g/mol. The van der Waals surface area contributed by atoms with Crippen molar-refractivity contribution in [2.24, 2.45) is 11.3 Å². The Morgan fingerprint density at radius 3 is 2.50 bits per heavy atom. The SMILES string of the molecule is CC(C)C1=CN(CCCC(=O)O)C(=O)C[C@]1(C)c1ccc(CCC(C)(C)C)c(Cl)c1. The molecular formula is C25H36ClNO3. The normalized spacial score (nSPS) is 19.9. The molecule has 0 unspecified atom stereocenters. The number of halogens is 1. The van der Waals surface area contributed by atoms with Gasteiger partial charge in [0.15, 0.2) is 0 Å². The fourth-order valence-electron chi connectivity index (χ4n) is 4.14. The van der Waals surface area contributed by atoms with Gasteiger partial charge in [0.25, 0.3) is 0 Å². The number of hydrogen-bond acceptors (Lipinski definition) is 2. The number of nitrogens with zero attached hydrogens (tertiary/aromatic N) is 1. The lowest BCUT2D eigenvalue weighted by atomic mass is 9.68. The molecule has 1 aliphatic heterocycles. The zero-order valence-corrected chi connectivity index (χ0v) is 20.0. The van der Waals surface area contributed by atoms with Gasteiger partial charge < -0.3 is 10.0 Å². The minimum Gasteiger partial charge on any atom is -0.481 e. The molecule has 1 N–H and O–H groups in total. The molecule has 0 fully saturated rings. The summed E-state index contributed by atoms with van der Waals surface area (Å²) in [5.74, 6) is -0.553. The first kappa shape index (κ1) is 24.5. The fourth-order valence-corrected chi connectivity index (χ4v) is 4.41. The van der Waals surface area contributed by atoms with E-state index in [-0.39, 0.29) is 23.7 Å². The second-order valence-electron chi connectivity index (χ2n) is 10.2. The first-order valence-electron chi connectivity index (χ1n) is 10.9. The summed E-state index contributed by atoms with van der Waals surface area (Å²) in [6, 6.07) is 6.26. The van der Waals surface area contributed by atoms with E-state index in [0.29, 0.717) is 19.4 Å². The van der Waals surface area contributed by atoms with E-state index in [9.17, 15) is 9.59 Å². The molecule has 1 amide bonds. The largest absolute Gasteiger partial charge is 0.481 e. The van der Waals surface area contributed by atoms with E-state index in [1.54, 1.807) is 4.90 Å². The summed E-state index contributed by atoms with van der Waals surface area (Å²) in [6.07, 6.45) is 4.82. The summed E-state index contributed by atoms with van der Waals surface area (Å²) in [4.78, 5) is 25.4. The number of benzene rings is 1. The third kappa shape index (κ3) is 6.10. The predicted molar refractivity (Wildman–Crippen MR) is 123 cm³/mol. The monoisotopic (exact) mass is 433 g/mol. The van der Waals surface area contributed by atoms with Gasteiger partial charge in [0, 0.05) is 36.0 Å². The molecule has 1 heterocycles. The molecule has 0 aromatic heterocycles. The molecule has 0 saturated heterocycles. The quantitative estimate of drug-likeness (QED) is 0.529. The molecule has 0 spiro atoms. The predicted octanol–water partition coefficient (Wildman–Crippen LogP) is 6.21. The Balaban J connectivity index is 2.31. The van der Waals surface area contributed by atoms with Crippen LogP contribution in [0.25, 0.3) is 0 Å². The highest BCUT2D eigenvalue weighted by molar-refractivity contribution is 6.31. The zero-order valence-electron chi connectivity index (χ0n) is 19.2. The van der Waals surface area contributed by atoms with Crippen LogP contribution in [0.4, 0.5) is 0 Å². The summed E-state index contributed by atoms with van der Waals surface area (Å²) in [5.41, 5.74) is 3.22.